The molecule has 0 unspecified atom stereocenters. The number of nitrogens with one attached hydrogen (secondary N) is 1. The van der Waals surface area contributed by atoms with Gasteiger partial charge in [0.25, 0.3) is 11.7 Å². The van der Waals surface area contributed by atoms with Crippen LogP contribution in [0.1, 0.15) is 27.4 Å². The van der Waals surface area contributed by atoms with Crippen LogP contribution in [0.4, 0.5) is 0 Å². The topological polar surface area (TPSA) is 130 Å². The number of furan rings is 1. The van der Waals surface area contributed by atoms with Gasteiger partial charge < -0.3 is 19.9 Å². The van der Waals surface area contributed by atoms with Gasteiger partial charge in [-0.1, -0.05) is 18.2 Å². The number of hydrogen-bond acceptors (Lipinski definition) is 6. The maximum atomic E-state index is 12.1. The van der Waals surface area contributed by atoms with Crippen molar-refractivity contribution in [2.75, 3.05) is 0 Å². The molecule has 0 aliphatic heterocycles. The zero-order valence-corrected chi connectivity index (χ0v) is 15.0. The van der Waals surface area contributed by atoms with Gasteiger partial charge in [-0.05, 0) is 36.2 Å². The number of carboxylic acids is 1. The fraction of sp³-hybridized carbons (Fsp3) is 0.200. The quantitative estimate of drug-likeness (QED) is 0.418. The number of rotatable bonds is 7. The molecule has 8 nitrogen and oxygen atoms in total. The average Bonchev–Trinajstić information content (AvgIpc) is 3.21. The Hall–Kier alpha value is -3.52. The first-order valence-corrected chi connectivity index (χ1v) is 8.51. The third-order valence-electron chi connectivity index (χ3n) is 4.29. The summed E-state index contributed by atoms with van der Waals surface area (Å²) < 4.78 is 4.88. The predicted molar refractivity (Wildman–Crippen MR) is 98.7 cm³/mol. The van der Waals surface area contributed by atoms with E-state index in [1.165, 1.54) is 18.4 Å². The first-order valence-electron chi connectivity index (χ1n) is 8.51. The highest BCUT2D eigenvalue weighted by Crippen LogP contribution is 2.23. The molecule has 0 spiro atoms. The molecule has 0 saturated heterocycles. The molecule has 0 aliphatic carbocycles. The molecule has 1 aromatic carbocycles. The number of aliphatic hydroxyl groups excluding tert-OH is 1. The van der Waals surface area contributed by atoms with Crippen molar-refractivity contribution in [2.45, 2.75) is 26.0 Å². The van der Waals surface area contributed by atoms with Gasteiger partial charge in [0.1, 0.15) is 6.04 Å². The van der Waals surface area contributed by atoms with Gasteiger partial charge in [-0.25, -0.2) is 4.79 Å². The molecule has 3 aromatic rings. The zero-order valence-electron chi connectivity index (χ0n) is 15.0. The number of fused-ring (bicyclic) bond motifs is 1. The SMILES string of the molecule is Cc1cc(CO)c2cccc(C[C@H](NC(=O)C(=O)c3ccco3)C(=O)O)c2n1. The maximum Gasteiger partial charge on any atom is 0.326 e. The Morgan fingerprint density at radius 3 is 2.61 bits per heavy atom. The summed E-state index contributed by atoms with van der Waals surface area (Å²) in [5, 5.41) is 22.0. The van der Waals surface area contributed by atoms with Crippen molar-refractivity contribution in [3.63, 3.8) is 0 Å². The number of Topliss-reactive ketones (excluding diaryl/α,β-unsaturated/α-hetero) is 1. The van der Waals surface area contributed by atoms with E-state index < -0.39 is 23.7 Å². The van der Waals surface area contributed by atoms with Gasteiger partial charge in [0.2, 0.25) is 0 Å². The molecule has 0 fully saturated rings. The highest BCUT2D eigenvalue weighted by molar-refractivity contribution is 6.42. The lowest BCUT2D eigenvalue weighted by Crippen LogP contribution is -2.45. The van der Waals surface area contributed by atoms with Crippen molar-refractivity contribution in [2.24, 2.45) is 0 Å². The van der Waals surface area contributed by atoms with E-state index in [0.29, 0.717) is 27.7 Å². The summed E-state index contributed by atoms with van der Waals surface area (Å²) in [6, 6.07) is 8.41. The van der Waals surface area contributed by atoms with Gasteiger partial charge in [0.15, 0.2) is 5.76 Å². The number of aromatic nitrogens is 1. The Labute approximate surface area is 159 Å². The first kappa shape index (κ1) is 19.2. The average molecular weight is 382 g/mol. The van der Waals surface area contributed by atoms with Gasteiger partial charge in [-0.3, -0.25) is 14.6 Å². The molecule has 8 heteroatoms. The van der Waals surface area contributed by atoms with Crippen LogP contribution < -0.4 is 5.32 Å². The number of aryl methyl sites for hydroxylation is 1. The van der Waals surface area contributed by atoms with Gasteiger partial charge in [0.05, 0.1) is 18.4 Å². The van der Waals surface area contributed by atoms with Gasteiger partial charge in [0, 0.05) is 17.5 Å². The lowest BCUT2D eigenvalue weighted by atomic mass is 9.99. The van der Waals surface area contributed by atoms with E-state index in [9.17, 15) is 24.6 Å². The summed E-state index contributed by atoms with van der Waals surface area (Å²) in [4.78, 5) is 40.3. The number of ketones is 1. The van der Waals surface area contributed by atoms with E-state index in [2.05, 4.69) is 10.3 Å². The van der Waals surface area contributed by atoms with Crippen LogP contribution in [0.3, 0.4) is 0 Å². The number of aliphatic carboxylic acids is 1. The number of para-hydroxylation sites is 1. The van der Waals surface area contributed by atoms with Crippen molar-refractivity contribution in [1.82, 2.24) is 10.3 Å². The second kappa shape index (κ2) is 8.01. The van der Waals surface area contributed by atoms with E-state index in [1.807, 2.05) is 0 Å². The molecule has 2 heterocycles. The summed E-state index contributed by atoms with van der Waals surface area (Å²) >= 11 is 0. The predicted octanol–water partition coefficient (Wildman–Crippen LogP) is 1.62. The molecule has 28 heavy (non-hydrogen) atoms. The van der Waals surface area contributed by atoms with Crippen molar-refractivity contribution in [3.8, 4) is 0 Å². The number of nitrogens with zero attached hydrogens (tertiary/aromatic N) is 1. The fourth-order valence-electron chi connectivity index (χ4n) is 2.98. The molecule has 1 amide bonds. The van der Waals surface area contributed by atoms with E-state index >= 15 is 0 Å². The smallest absolute Gasteiger partial charge is 0.326 e. The minimum absolute atomic E-state index is 0.0782. The Morgan fingerprint density at radius 2 is 1.96 bits per heavy atom. The third-order valence-corrected chi connectivity index (χ3v) is 4.29. The van der Waals surface area contributed by atoms with E-state index in [1.54, 1.807) is 31.2 Å². The number of carboxylic acid groups (broad SMARTS) is 1. The standard InChI is InChI=1S/C20H18N2O6/c1-11-8-13(10-23)14-5-2-4-12(17(14)21-11)9-15(20(26)27)22-19(25)18(24)16-6-3-7-28-16/h2-8,15,23H,9-10H2,1H3,(H,22,25)(H,26,27)/t15-/m0/s1. The van der Waals surface area contributed by atoms with Crippen LogP contribution in [0, 0.1) is 6.92 Å². The van der Waals surface area contributed by atoms with Gasteiger partial charge in [-0.15, -0.1) is 0 Å². The van der Waals surface area contributed by atoms with Crippen LogP contribution in [0.2, 0.25) is 0 Å². The summed E-state index contributed by atoms with van der Waals surface area (Å²) in [5.74, 6) is -3.47. The van der Waals surface area contributed by atoms with E-state index in [0.717, 1.165) is 0 Å². The Morgan fingerprint density at radius 1 is 1.18 bits per heavy atom. The van der Waals surface area contributed by atoms with Crippen molar-refractivity contribution < 1.29 is 29.0 Å². The van der Waals surface area contributed by atoms with Crippen LogP contribution in [-0.4, -0.2) is 38.9 Å². The molecule has 1 atom stereocenters. The van der Waals surface area contributed by atoms with Crippen LogP contribution in [0.25, 0.3) is 10.9 Å². The summed E-state index contributed by atoms with van der Waals surface area (Å²) in [5.41, 5.74) is 2.47. The van der Waals surface area contributed by atoms with Crippen LogP contribution >= 0.6 is 0 Å². The summed E-state index contributed by atoms with van der Waals surface area (Å²) in [6.45, 7) is 1.59. The molecule has 3 N–H and O–H groups in total. The van der Waals surface area contributed by atoms with Gasteiger partial charge in [-0.2, -0.15) is 0 Å². The monoisotopic (exact) mass is 382 g/mol. The highest BCUT2D eigenvalue weighted by Gasteiger charge is 2.27. The number of carbonyl (C=O) groups is 3. The number of amides is 1. The molecule has 2 aromatic heterocycles. The lowest BCUT2D eigenvalue weighted by molar-refractivity contribution is -0.141. The van der Waals surface area contributed by atoms with E-state index in [-0.39, 0.29) is 18.8 Å². The van der Waals surface area contributed by atoms with Crippen molar-refractivity contribution in [3.05, 3.63) is 65.2 Å². The zero-order chi connectivity index (χ0) is 20.3. The third kappa shape index (κ3) is 3.91. The molecule has 0 radical (unpaired) electrons. The maximum absolute atomic E-state index is 12.1. The Kier molecular flexibility index (Phi) is 5.51. The molecule has 0 bridgehead atoms. The number of pyridine rings is 1. The Bertz CT molecular complexity index is 1040. The highest BCUT2D eigenvalue weighted by atomic mass is 16.4. The normalized spacial score (nSPS) is 11.9. The first-order chi connectivity index (χ1) is 13.4. The molecular formula is C20H18N2O6. The number of benzene rings is 1. The molecule has 3 rings (SSSR count). The molecule has 0 saturated carbocycles. The second-order valence-electron chi connectivity index (χ2n) is 6.27. The largest absolute Gasteiger partial charge is 0.480 e. The van der Waals surface area contributed by atoms with Gasteiger partial charge >= 0.3 is 5.97 Å². The summed E-state index contributed by atoms with van der Waals surface area (Å²) in [7, 11) is 0. The minimum atomic E-state index is -1.34. The number of hydrogen-bond donors (Lipinski definition) is 3. The number of carbonyl (C=O) groups excluding carboxylic acids is 2. The van der Waals surface area contributed by atoms with Crippen molar-refractivity contribution in [1.29, 1.82) is 0 Å². The van der Waals surface area contributed by atoms with Crippen LogP contribution in [0.5, 0.6) is 0 Å². The van der Waals surface area contributed by atoms with E-state index in [4.69, 9.17) is 4.42 Å². The Balaban J connectivity index is 1.89. The lowest BCUT2D eigenvalue weighted by Gasteiger charge is -2.16. The van der Waals surface area contributed by atoms with Crippen LogP contribution in [0.15, 0.2) is 47.1 Å². The second-order valence-corrected chi connectivity index (χ2v) is 6.27. The van der Waals surface area contributed by atoms with Crippen LogP contribution in [-0.2, 0) is 22.6 Å². The molecule has 144 valence electrons. The summed E-state index contributed by atoms with van der Waals surface area (Å²) in [6.07, 6.45) is 1.17. The number of aliphatic hydroxyl groups is 1. The fourth-order valence-corrected chi connectivity index (χ4v) is 2.98. The van der Waals surface area contributed by atoms with Crippen molar-refractivity contribution >= 4 is 28.6 Å². The molecule has 0 aliphatic rings. The molecular weight excluding hydrogens is 364 g/mol. The minimum Gasteiger partial charge on any atom is -0.480 e.